The van der Waals surface area contributed by atoms with Crippen molar-refractivity contribution in [3.05, 3.63) is 35.4 Å². The van der Waals surface area contributed by atoms with Gasteiger partial charge < -0.3 is 10.2 Å². The molecular formula is C11H11ClF3N3O. The first-order valence-electron chi connectivity index (χ1n) is 5.11. The molecule has 1 heterocycles. The number of pyridine rings is 1. The summed E-state index contributed by atoms with van der Waals surface area (Å²) in [6.07, 6.45) is -3.04. The summed E-state index contributed by atoms with van der Waals surface area (Å²) >= 11 is 5.61. The van der Waals surface area contributed by atoms with E-state index in [1.807, 2.05) is 0 Å². The molecule has 1 N–H and O–H groups in total. The van der Waals surface area contributed by atoms with Crippen molar-refractivity contribution in [1.82, 2.24) is 10.3 Å². The van der Waals surface area contributed by atoms with Gasteiger partial charge in [-0.3, -0.25) is 4.79 Å². The van der Waals surface area contributed by atoms with Crippen molar-refractivity contribution in [1.29, 1.82) is 0 Å². The Morgan fingerprint density at radius 1 is 1.47 bits per heavy atom. The van der Waals surface area contributed by atoms with Gasteiger partial charge in [0.25, 0.3) is 5.78 Å². The predicted octanol–water partition coefficient (Wildman–Crippen LogP) is 2.36. The van der Waals surface area contributed by atoms with Crippen LogP contribution in [0.25, 0.3) is 0 Å². The van der Waals surface area contributed by atoms with E-state index < -0.39 is 12.0 Å². The molecule has 0 amide bonds. The number of carbonyl (C=O) groups excluding carboxylic acids is 1. The van der Waals surface area contributed by atoms with Gasteiger partial charge in [-0.15, -0.1) is 0 Å². The molecule has 1 rings (SSSR count). The van der Waals surface area contributed by atoms with Crippen LogP contribution in [0, 0.1) is 0 Å². The zero-order valence-electron chi connectivity index (χ0n) is 10.1. The molecule has 0 saturated heterocycles. The highest BCUT2D eigenvalue weighted by Gasteiger charge is 2.37. The number of allylic oxidation sites excluding steroid dienone is 1. The molecule has 8 heteroatoms. The van der Waals surface area contributed by atoms with Crippen molar-refractivity contribution in [2.45, 2.75) is 6.18 Å². The fourth-order valence-electron chi connectivity index (χ4n) is 1.25. The lowest BCUT2D eigenvalue weighted by Crippen LogP contribution is -2.29. The first-order chi connectivity index (χ1) is 8.75. The van der Waals surface area contributed by atoms with Gasteiger partial charge in [0.05, 0.1) is 11.9 Å². The minimum Gasteiger partial charge on any atom is -0.374 e. The minimum absolute atomic E-state index is 0.00792. The Labute approximate surface area is 112 Å². The molecule has 0 aliphatic heterocycles. The third-order valence-corrected chi connectivity index (χ3v) is 2.49. The van der Waals surface area contributed by atoms with Gasteiger partial charge in [-0.1, -0.05) is 11.6 Å². The summed E-state index contributed by atoms with van der Waals surface area (Å²) in [5.41, 5.74) is 0.486. The van der Waals surface area contributed by atoms with E-state index in [1.165, 1.54) is 31.3 Å². The van der Waals surface area contributed by atoms with Crippen LogP contribution in [0.3, 0.4) is 0 Å². The van der Waals surface area contributed by atoms with Crippen molar-refractivity contribution in [3.63, 3.8) is 0 Å². The number of alkyl halides is 3. The second kappa shape index (κ2) is 5.92. The molecule has 0 atom stereocenters. The minimum atomic E-state index is -4.90. The first-order valence-corrected chi connectivity index (χ1v) is 5.49. The van der Waals surface area contributed by atoms with Crippen molar-refractivity contribution in [3.8, 4) is 0 Å². The largest absolute Gasteiger partial charge is 0.454 e. The molecule has 19 heavy (non-hydrogen) atoms. The van der Waals surface area contributed by atoms with E-state index in [0.29, 0.717) is 11.8 Å². The van der Waals surface area contributed by atoms with Crippen molar-refractivity contribution >= 4 is 23.1 Å². The van der Waals surface area contributed by atoms with Gasteiger partial charge in [0.15, 0.2) is 0 Å². The molecule has 0 aliphatic rings. The monoisotopic (exact) mass is 293 g/mol. The number of hydrogen-bond donors (Lipinski definition) is 1. The number of ketones is 1. The van der Waals surface area contributed by atoms with Gasteiger partial charge >= 0.3 is 6.18 Å². The molecule has 0 aromatic carbocycles. The number of rotatable bonds is 4. The Balaban J connectivity index is 3.00. The highest BCUT2D eigenvalue weighted by molar-refractivity contribution is 6.29. The van der Waals surface area contributed by atoms with E-state index in [1.54, 1.807) is 6.07 Å². The maximum atomic E-state index is 12.2. The highest BCUT2D eigenvalue weighted by Crippen LogP contribution is 2.20. The van der Waals surface area contributed by atoms with Crippen molar-refractivity contribution < 1.29 is 18.0 Å². The summed E-state index contributed by atoms with van der Waals surface area (Å²) in [7, 11) is 2.91. The molecule has 0 fully saturated rings. The molecular weight excluding hydrogens is 283 g/mol. The molecule has 0 unspecified atom stereocenters. The SMILES string of the molecule is CN/C(=C\C(=O)C(F)(F)F)N(C)c1ccc(Cl)nc1. The Kier molecular flexibility index (Phi) is 4.77. The molecule has 0 saturated carbocycles. The number of carbonyl (C=O) groups is 1. The molecule has 0 aliphatic carbocycles. The fraction of sp³-hybridized carbons (Fsp3) is 0.273. The first kappa shape index (κ1) is 15.3. The molecule has 0 radical (unpaired) electrons. The molecule has 4 nitrogen and oxygen atoms in total. The van der Waals surface area contributed by atoms with Crippen LogP contribution in [0.15, 0.2) is 30.2 Å². The number of hydrogen-bond acceptors (Lipinski definition) is 4. The molecule has 1 aromatic rings. The lowest BCUT2D eigenvalue weighted by atomic mass is 10.3. The average Bonchev–Trinajstić information content (AvgIpc) is 2.34. The second-order valence-electron chi connectivity index (χ2n) is 3.54. The summed E-state index contributed by atoms with van der Waals surface area (Å²) in [6, 6.07) is 3.06. The van der Waals surface area contributed by atoms with Gasteiger partial charge in [0.1, 0.15) is 11.0 Å². The Hall–Kier alpha value is -1.76. The number of nitrogens with zero attached hydrogens (tertiary/aromatic N) is 2. The normalized spacial score (nSPS) is 12.2. The Bertz CT molecular complexity index is 485. The standard InChI is InChI=1S/C11H11ClF3N3O/c1-16-10(5-8(19)11(13,14)15)18(2)7-3-4-9(12)17-6-7/h3-6,16H,1-2H3/b10-5+. The predicted molar refractivity (Wildman–Crippen MR) is 65.9 cm³/mol. The smallest absolute Gasteiger partial charge is 0.374 e. The molecule has 0 bridgehead atoms. The Morgan fingerprint density at radius 2 is 2.11 bits per heavy atom. The van der Waals surface area contributed by atoms with Crippen LogP contribution >= 0.6 is 11.6 Å². The van der Waals surface area contributed by atoms with Crippen LogP contribution in [-0.4, -0.2) is 31.0 Å². The van der Waals surface area contributed by atoms with Crippen molar-refractivity contribution in [2.24, 2.45) is 0 Å². The summed E-state index contributed by atoms with van der Waals surface area (Å²) in [6.45, 7) is 0. The molecule has 0 spiro atoms. The van der Waals surface area contributed by atoms with E-state index >= 15 is 0 Å². The maximum absolute atomic E-state index is 12.2. The summed E-state index contributed by atoms with van der Waals surface area (Å²) in [5, 5.41) is 2.79. The van der Waals surface area contributed by atoms with Crippen LogP contribution in [0.4, 0.5) is 18.9 Å². The lowest BCUT2D eigenvalue weighted by molar-refractivity contribution is -0.165. The van der Waals surface area contributed by atoms with E-state index in [9.17, 15) is 18.0 Å². The van der Waals surface area contributed by atoms with Gasteiger partial charge in [-0.05, 0) is 12.1 Å². The van der Waals surface area contributed by atoms with Gasteiger partial charge in [0, 0.05) is 20.2 Å². The van der Waals surface area contributed by atoms with Crippen LogP contribution in [0.5, 0.6) is 0 Å². The highest BCUT2D eigenvalue weighted by atomic mass is 35.5. The number of halogens is 4. The molecule has 1 aromatic heterocycles. The van der Waals surface area contributed by atoms with E-state index in [2.05, 4.69) is 10.3 Å². The van der Waals surface area contributed by atoms with Crippen LogP contribution in [0.2, 0.25) is 5.15 Å². The summed E-state index contributed by atoms with van der Waals surface area (Å²) < 4.78 is 36.6. The van der Waals surface area contributed by atoms with Gasteiger partial charge in [-0.2, -0.15) is 13.2 Å². The Morgan fingerprint density at radius 3 is 2.53 bits per heavy atom. The van der Waals surface area contributed by atoms with E-state index in [4.69, 9.17) is 11.6 Å². The van der Waals surface area contributed by atoms with Crippen molar-refractivity contribution in [2.75, 3.05) is 19.0 Å². The van der Waals surface area contributed by atoms with Gasteiger partial charge in [-0.25, -0.2) is 4.98 Å². The van der Waals surface area contributed by atoms with Gasteiger partial charge in [0.2, 0.25) is 0 Å². The topological polar surface area (TPSA) is 45.2 Å². The van der Waals surface area contributed by atoms with Crippen LogP contribution < -0.4 is 10.2 Å². The number of anilines is 1. The quantitative estimate of drug-likeness (QED) is 0.684. The number of nitrogens with one attached hydrogen (secondary N) is 1. The maximum Gasteiger partial charge on any atom is 0.454 e. The second-order valence-corrected chi connectivity index (χ2v) is 3.93. The van der Waals surface area contributed by atoms with E-state index in [0.717, 1.165) is 0 Å². The zero-order valence-corrected chi connectivity index (χ0v) is 10.9. The lowest BCUT2D eigenvalue weighted by Gasteiger charge is -2.22. The zero-order chi connectivity index (χ0) is 14.6. The summed E-state index contributed by atoms with van der Waals surface area (Å²) in [5.74, 6) is -1.95. The summed E-state index contributed by atoms with van der Waals surface area (Å²) in [4.78, 5) is 16.1. The molecule has 104 valence electrons. The average molecular weight is 294 g/mol. The van der Waals surface area contributed by atoms with Crippen LogP contribution in [-0.2, 0) is 4.79 Å². The third kappa shape index (κ3) is 4.13. The van der Waals surface area contributed by atoms with Crippen LogP contribution in [0.1, 0.15) is 0 Å². The fourth-order valence-corrected chi connectivity index (χ4v) is 1.36. The van der Waals surface area contributed by atoms with E-state index in [-0.39, 0.29) is 11.0 Å². The third-order valence-electron chi connectivity index (χ3n) is 2.26. The number of aromatic nitrogens is 1.